The van der Waals surface area contributed by atoms with Crippen molar-refractivity contribution in [2.45, 2.75) is 26.1 Å². The van der Waals surface area contributed by atoms with Crippen LogP contribution < -0.4 is 9.47 Å². The maximum absolute atomic E-state index is 14.3. The lowest BCUT2D eigenvalue weighted by molar-refractivity contribution is 0.304. The van der Waals surface area contributed by atoms with Crippen molar-refractivity contribution >= 4 is 23.0 Å². The summed E-state index contributed by atoms with van der Waals surface area (Å²) in [6, 6.07) is 28.9. The summed E-state index contributed by atoms with van der Waals surface area (Å²) < 4.78 is 39.7. The van der Waals surface area contributed by atoms with Gasteiger partial charge in [-0.2, -0.15) is 0 Å². The molecule has 230 valence electrons. The second kappa shape index (κ2) is 15.4. The summed E-state index contributed by atoms with van der Waals surface area (Å²) in [5.74, 6) is 0.157. The summed E-state index contributed by atoms with van der Waals surface area (Å²) in [4.78, 5) is 8.38. The summed E-state index contributed by atoms with van der Waals surface area (Å²) in [5, 5.41) is 18.6. The topological polar surface area (TPSA) is 83.6 Å². The molecule has 6 rings (SSSR count). The molecule has 4 aromatic rings. The largest absolute Gasteiger partial charge is 0.489 e. The molecule has 2 aliphatic heterocycles. The fourth-order valence-electron chi connectivity index (χ4n) is 4.66. The lowest BCUT2D eigenvalue weighted by Crippen LogP contribution is -2.02. The normalized spacial score (nSPS) is 13.9. The van der Waals surface area contributed by atoms with Crippen molar-refractivity contribution in [1.82, 2.24) is 0 Å². The van der Waals surface area contributed by atoms with Crippen molar-refractivity contribution in [2.75, 3.05) is 13.2 Å². The van der Waals surface area contributed by atoms with Crippen LogP contribution in [-0.4, -0.2) is 34.9 Å². The van der Waals surface area contributed by atoms with Gasteiger partial charge in [0, 0.05) is 41.1 Å². The molecule has 4 aromatic carbocycles. The van der Waals surface area contributed by atoms with E-state index in [0.29, 0.717) is 76.5 Å². The number of benzene rings is 4. The highest BCUT2D eigenvalue weighted by Crippen LogP contribution is 2.29. The molecule has 0 saturated carbocycles. The molecular formula is C36H31ClF2N2O4. The van der Waals surface area contributed by atoms with Gasteiger partial charge in [0.05, 0.1) is 36.0 Å². The van der Waals surface area contributed by atoms with E-state index in [1.54, 1.807) is 30.3 Å². The highest BCUT2D eigenvalue weighted by atomic mass is 35.5. The van der Waals surface area contributed by atoms with E-state index < -0.39 is 5.82 Å². The van der Waals surface area contributed by atoms with Gasteiger partial charge in [-0.3, -0.25) is 9.98 Å². The van der Waals surface area contributed by atoms with Gasteiger partial charge in [-0.25, -0.2) is 8.78 Å². The number of rotatable bonds is 10. The number of allylic oxidation sites excluding steroid dienone is 2. The number of aliphatic hydroxyl groups excluding tert-OH is 2. The van der Waals surface area contributed by atoms with Gasteiger partial charge in [0.1, 0.15) is 36.3 Å². The van der Waals surface area contributed by atoms with Crippen LogP contribution in [0.2, 0.25) is 0 Å². The first-order valence-electron chi connectivity index (χ1n) is 14.3. The highest BCUT2D eigenvalue weighted by molar-refractivity contribution is 6.33. The molecule has 9 heteroatoms. The lowest BCUT2D eigenvalue weighted by atomic mass is 10.1. The molecule has 0 saturated heterocycles. The van der Waals surface area contributed by atoms with E-state index in [4.69, 9.17) is 31.3 Å². The minimum Gasteiger partial charge on any atom is -0.489 e. The molecule has 2 N–H and O–H groups in total. The molecule has 2 heterocycles. The second-order valence-electron chi connectivity index (χ2n) is 10.2. The average Bonchev–Trinajstić information content (AvgIpc) is 3.70. The van der Waals surface area contributed by atoms with E-state index in [1.165, 1.54) is 12.1 Å². The Morgan fingerprint density at radius 3 is 1.64 bits per heavy atom. The lowest BCUT2D eigenvalue weighted by Gasteiger charge is -2.09. The Balaban J connectivity index is 0.000000178. The number of halogens is 3. The zero-order chi connectivity index (χ0) is 31.6. The van der Waals surface area contributed by atoms with Crippen LogP contribution in [0.1, 0.15) is 35.1 Å². The number of hydrogen-bond acceptors (Lipinski definition) is 6. The molecule has 0 spiro atoms. The van der Waals surface area contributed by atoms with Crippen molar-refractivity contribution in [3.63, 3.8) is 0 Å². The smallest absolute Gasteiger partial charge is 0.135 e. The molecule has 6 nitrogen and oxygen atoms in total. The maximum atomic E-state index is 14.3. The third kappa shape index (κ3) is 8.51. The van der Waals surface area contributed by atoms with Crippen LogP contribution in [0.4, 0.5) is 8.78 Å². The molecule has 2 aliphatic rings. The van der Waals surface area contributed by atoms with Crippen LogP contribution in [0, 0.1) is 11.6 Å². The molecule has 0 aliphatic carbocycles. The summed E-state index contributed by atoms with van der Waals surface area (Å²) in [6.45, 7) is 0.408. The zero-order valence-electron chi connectivity index (χ0n) is 24.3. The summed E-state index contributed by atoms with van der Waals surface area (Å²) >= 11 is 5.98. The predicted molar refractivity (Wildman–Crippen MR) is 172 cm³/mol. The third-order valence-electron chi connectivity index (χ3n) is 7.03. The van der Waals surface area contributed by atoms with Crippen molar-refractivity contribution in [3.05, 3.63) is 153 Å². The standard InChI is InChI=1S/C18H15ClFNO2.C18H16FNO2/c19-15-9-17(21-18(15)10-22)14-7-6-13(8-16(14)20)23-11-12-4-2-1-3-5-12;19-17-10-15(22-12-13-4-2-1-3-5-13)7-8-16(17)18-9-6-14(11-21)20-18/h1-8,22H,9-11H2;1-8,10,21H,9,11-12H2. The number of nitrogens with zero attached hydrogens (tertiary/aromatic N) is 2. The van der Waals surface area contributed by atoms with E-state index in [0.717, 1.165) is 11.1 Å². The molecule has 0 bridgehead atoms. The van der Waals surface area contributed by atoms with Crippen LogP contribution in [0.3, 0.4) is 0 Å². The van der Waals surface area contributed by atoms with Gasteiger partial charge >= 0.3 is 0 Å². The first-order chi connectivity index (χ1) is 21.9. The Labute approximate surface area is 265 Å². The summed E-state index contributed by atoms with van der Waals surface area (Å²) in [7, 11) is 0. The van der Waals surface area contributed by atoms with E-state index in [-0.39, 0.29) is 19.0 Å². The minimum atomic E-state index is -0.419. The quantitative estimate of drug-likeness (QED) is 0.190. The third-order valence-corrected chi connectivity index (χ3v) is 7.38. The Kier molecular flexibility index (Phi) is 10.9. The Bertz CT molecular complexity index is 1760. The molecule has 0 aromatic heterocycles. The molecule has 0 radical (unpaired) electrons. The van der Waals surface area contributed by atoms with Gasteiger partial charge in [-0.1, -0.05) is 78.3 Å². The fourth-order valence-corrected chi connectivity index (χ4v) is 4.89. The number of aliphatic imine (C=N–C) groups is 2. The Morgan fingerprint density at radius 1 is 0.667 bits per heavy atom. The highest BCUT2D eigenvalue weighted by Gasteiger charge is 2.20. The van der Waals surface area contributed by atoms with E-state index in [2.05, 4.69) is 9.98 Å². The number of aliphatic hydroxyl groups is 2. The zero-order valence-corrected chi connectivity index (χ0v) is 25.1. The van der Waals surface area contributed by atoms with Gasteiger partial charge in [0.2, 0.25) is 0 Å². The summed E-state index contributed by atoms with van der Waals surface area (Å²) in [6.07, 6.45) is 2.67. The predicted octanol–water partition coefficient (Wildman–Crippen LogP) is 7.51. The van der Waals surface area contributed by atoms with Crippen molar-refractivity contribution in [1.29, 1.82) is 0 Å². The monoisotopic (exact) mass is 628 g/mol. The van der Waals surface area contributed by atoms with Gasteiger partial charge in [-0.15, -0.1) is 0 Å². The Hall–Kier alpha value is -4.63. The maximum Gasteiger partial charge on any atom is 0.135 e. The van der Waals surface area contributed by atoms with Gasteiger partial charge in [0.25, 0.3) is 0 Å². The summed E-state index contributed by atoms with van der Waals surface area (Å²) in [5.41, 5.74) is 5.00. The van der Waals surface area contributed by atoms with Crippen molar-refractivity contribution in [3.8, 4) is 11.5 Å². The van der Waals surface area contributed by atoms with Crippen LogP contribution in [0.25, 0.3) is 0 Å². The first kappa shape index (κ1) is 31.8. The van der Waals surface area contributed by atoms with E-state index >= 15 is 0 Å². The second-order valence-corrected chi connectivity index (χ2v) is 10.6. The van der Waals surface area contributed by atoms with Crippen LogP contribution in [-0.2, 0) is 13.2 Å². The molecule has 0 atom stereocenters. The van der Waals surface area contributed by atoms with Crippen LogP contribution >= 0.6 is 11.6 Å². The number of hydrogen-bond donors (Lipinski definition) is 2. The van der Waals surface area contributed by atoms with Crippen molar-refractivity contribution < 1.29 is 28.5 Å². The number of ether oxygens (including phenoxy) is 2. The SMILES string of the molecule is OCC1=C(Cl)CC(c2ccc(OCc3ccccc3)cc2F)=N1.OCC1=CCC(c2ccc(OCc3ccccc3)cc2F)=N1. The molecule has 0 amide bonds. The van der Waals surface area contributed by atoms with Crippen LogP contribution in [0.5, 0.6) is 11.5 Å². The fraction of sp³-hybridized carbons (Fsp3) is 0.167. The van der Waals surface area contributed by atoms with E-state index in [9.17, 15) is 8.78 Å². The van der Waals surface area contributed by atoms with E-state index in [1.807, 2.05) is 60.7 Å². The molecule has 0 fully saturated rings. The van der Waals surface area contributed by atoms with Gasteiger partial charge in [0.15, 0.2) is 0 Å². The molecule has 45 heavy (non-hydrogen) atoms. The van der Waals surface area contributed by atoms with Gasteiger partial charge < -0.3 is 19.7 Å². The van der Waals surface area contributed by atoms with Gasteiger partial charge in [-0.05, 0) is 35.4 Å². The Morgan fingerprint density at radius 2 is 1.20 bits per heavy atom. The van der Waals surface area contributed by atoms with Crippen molar-refractivity contribution in [2.24, 2.45) is 9.98 Å². The first-order valence-corrected chi connectivity index (χ1v) is 14.7. The molecular weight excluding hydrogens is 598 g/mol. The molecule has 0 unspecified atom stereocenters. The van der Waals surface area contributed by atoms with Crippen LogP contribution in [0.15, 0.2) is 130 Å². The average molecular weight is 629 g/mol. The minimum absolute atomic E-state index is 0.122.